The summed E-state index contributed by atoms with van der Waals surface area (Å²) in [6.45, 7) is 4.20. The molecule has 4 nitrogen and oxygen atoms in total. The Kier molecular flexibility index (Phi) is 4.37. The first-order chi connectivity index (χ1) is 8.58. The first kappa shape index (κ1) is 13.5. The van der Waals surface area contributed by atoms with Gasteiger partial charge in [0.05, 0.1) is 13.2 Å². The Bertz CT molecular complexity index is 450. The van der Waals surface area contributed by atoms with E-state index in [-0.39, 0.29) is 6.61 Å². The van der Waals surface area contributed by atoms with Gasteiger partial charge in [-0.15, -0.1) is 0 Å². The first-order valence-electron chi connectivity index (χ1n) is 5.87. The molecular weight excluding hydrogens is 298 g/mol. The predicted octanol–water partition coefficient (Wildman–Crippen LogP) is 2.04. The fourth-order valence-corrected chi connectivity index (χ4v) is 2.34. The maximum atomic E-state index is 11.1. The van der Waals surface area contributed by atoms with E-state index in [1.165, 1.54) is 0 Å². The molecule has 98 valence electrons. The summed E-state index contributed by atoms with van der Waals surface area (Å²) in [6, 6.07) is 5.56. The molecule has 0 aliphatic carbocycles. The van der Waals surface area contributed by atoms with Crippen molar-refractivity contribution in [2.45, 2.75) is 19.5 Å². The number of morpholine rings is 1. The van der Waals surface area contributed by atoms with E-state index in [0.29, 0.717) is 19.7 Å². The second kappa shape index (κ2) is 5.82. The van der Waals surface area contributed by atoms with Gasteiger partial charge in [-0.2, -0.15) is 0 Å². The Morgan fingerprint density at radius 1 is 1.61 bits per heavy atom. The van der Waals surface area contributed by atoms with Crippen molar-refractivity contribution in [3.8, 4) is 0 Å². The molecule has 2 rings (SSSR count). The van der Waals surface area contributed by atoms with Crippen molar-refractivity contribution in [2.75, 3.05) is 19.8 Å². The largest absolute Gasteiger partial charge is 0.480 e. The van der Waals surface area contributed by atoms with Gasteiger partial charge < -0.3 is 9.84 Å². The molecule has 1 fully saturated rings. The maximum Gasteiger partial charge on any atom is 0.323 e. The fourth-order valence-electron chi connectivity index (χ4n) is 2.09. The lowest BCUT2D eigenvalue weighted by molar-refractivity contribution is -0.150. The third kappa shape index (κ3) is 3.10. The van der Waals surface area contributed by atoms with Gasteiger partial charge in [0.1, 0.15) is 6.04 Å². The van der Waals surface area contributed by atoms with Gasteiger partial charge in [0.25, 0.3) is 0 Å². The molecule has 0 bridgehead atoms. The van der Waals surface area contributed by atoms with Crippen molar-refractivity contribution in [1.82, 2.24) is 4.90 Å². The second-order valence-electron chi connectivity index (χ2n) is 4.48. The summed E-state index contributed by atoms with van der Waals surface area (Å²) >= 11 is 3.46. The highest BCUT2D eigenvalue weighted by molar-refractivity contribution is 9.10. The Hall–Kier alpha value is -0.910. The SMILES string of the molecule is Cc1cc(CN2CCOCC2C(=O)O)ccc1Br. The quantitative estimate of drug-likeness (QED) is 0.928. The number of aryl methyl sites for hydroxylation is 1. The number of halogens is 1. The topological polar surface area (TPSA) is 49.8 Å². The van der Waals surface area contributed by atoms with E-state index < -0.39 is 12.0 Å². The molecule has 0 spiro atoms. The van der Waals surface area contributed by atoms with Crippen LogP contribution in [0.1, 0.15) is 11.1 Å². The van der Waals surface area contributed by atoms with E-state index in [4.69, 9.17) is 9.84 Å². The lowest BCUT2D eigenvalue weighted by Gasteiger charge is -2.32. The van der Waals surface area contributed by atoms with Gasteiger partial charge in [-0.25, -0.2) is 0 Å². The molecule has 1 heterocycles. The molecule has 18 heavy (non-hydrogen) atoms. The van der Waals surface area contributed by atoms with Gasteiger partial charge in [-0.05, 0) is 24.1 Å². The monoisotopic (exact) mass is 313 g/mol. The summed E-state index contributed by atoms with van der Waals surface area (Å²) in [6.07, 6.45) is 0. The summed E-state index contributed by atoms with van der Waals surface area (Å²) in [4.78, 5) is 13.1. The third-order valence-corrected chi connectivity index (χ3v) is 4.02. The van der Waals surface area contributed by atoms with Crippen LogP contribution < -0.4 is 0 Å². The number of hydrogen-bond donors (Lipinski definition) is 1. The Labute approximate surface area is 115 Å². The van der Waals surface area contributed by atoms with Crippen LogP contribution in [0.15, 0.2) is 22.7 Å². The molecule has 0 radical (unpaired) electrons. The molecule has 1 aromatic rings. The number of benzene rings is 1. The number of aliphatic carboxylic acids is 1. The van der Waals surface area contributed by atoms with E-state index >= 15 is 0 Å². The number of rotatable bonds is 3. The zero-order chi connectivity index (χ0) is 13.1. The molecule has 0 amide bonds. The summed E-state index contributed by atoms with van der Waals surface area (Å²) in [5, 5.41) is 9.16. The zero-order valence-electron chi connectivity index (χ0n) is 10.2. The molecule has 1 aromatic carbocycles. The molecule has 1 saturated heterocycles. The number of carbonyl (C=O) groups is 1. The van der Waals surface area contributed by atoms with Crippen LogP contribution in [0.4, 0.5) is 0 Å². The smallest absolute Gasteiger partial charge is 0.323 e. The molecule has 5 heteroatoms. The Morgan fingerprint density at radius 2 is 2.39 bits per heavy atom. The lowest BCUT2D eigenvalue weighted by Crippen LogP contribution is -2.49. The van der Waals surface area contributed by atoms with Crippen molar-refractivity contribution in [3.63, 3.8) is 0 Å². The van der Waals surface area contributed by atoms with E-state index in [9.17, 15) is 4.79 Å². The van der Waals surface area contributed by atoms with Crippen LogP contribution in [0.2, 0.25) is 0 Å². The fraction of sp³-hybridized carbons (Fsp3) is 0.462. The molecule has 1 aliphatic rings. The number of carboxylic acid groups (broad SMARTS) is 1. The van der Waals surface area contributed by atoms with Gasteiger partial charge in [-0.1, -0.05) is 28.1 Å². The normalized spacial score (nSPS) is 20.9. The summed E-state index contributed by atoms with van der Waals surface area (Å²) in [7, 11) is 0. The van der Waals surface area contributed by atoms with Crippen LogP contribution in [-0.2, 0) is 16.1 Å². The van der Waals surface area contributed by atoms with Crippen LogP contribution >= 0.6 is 15.9 Å². The van der Waals surface area contributed by atoms with Crippen molar-refractivity contribution in [1.29, 1.82) is 0 Å². The van der Waals surface area contributed by atoms with E-state index in [1.54, 1.807) is 0 Å². The van der Waals surface area contributed by atoms with Crippen LogP contribution in [0, 0.1) is 6.92 Å². The highest BCUT2D eigenvalue weighted by atomic mass is 79.9. The van der Waals surface area contributed by atoms with Crippen LogP contribution in [0.5, 0.6) is 0 Å². The van der Waals surface area contributed by atoms with E-state index in [1.807, 2.05) is 24.0 Å². The lowest BCUT2D eigenvalue weighted by atomic mass is 10.1. The molecule has 0 aromatic heterocycles. The average molecular weight is 314 g/mol. The van der Waals surface area contributed by atoms with Crippen LogP contribution in [-0.4, -0.2) is 41.8 Å². The van der Waals surface area contributed by atoms with Crippen molar-refractivity contribution in [2.24, 2.45) is 0 Å². The van der Waals surface area contributed by atoms with Gasteiger partial charge in [0.15, 0.2) is 0 Å². The minimum atomic E-state index is -0.816. The minimum Gasteiger partial charge on any atom is -0.480 e. The Morgan fingerprint density at radius 3 is 3.06 bits per heavy atom. The van der Waals surface area contributed by atoms with Gasteiger partial charge >= 0.3 is 5.97 Å². The van der Waals surface area contributed by atoms with Crippen LogP contribution in [0.25, 0.3) is 0 Å². The predicted molar refractivity (Wildman–Crippen MR) is 71.5 cm³/mol. The van der Waals surface area contributed by atoms with Crippen molar-refractivity contribution in [3.05, 3.63) is 33.8 Å². The van der Waals surface area contributed by atoms with E-state index in [2.05, 4.69) is 22.0 Å². The molecule has 1 unspecified atom stereocenters. The molecule has 1 aliphatic heterocycles. The number of carboxylic acids is 1. The van der Waals surface area contributed by atoms with Gasteiger partial charge in [0, 0.05) is 17.6 Å². The van der Waals surface area contributed by atoms with Crippen molar-refractivity contribution < 1.29 is 14.6 Å². The van der Waals surface area contributed by atoms with Gasteiger partial charge in [-0.3, -0.25) is 9.69 Å². The number of ether oxygens (including phenoxy) is 1. The molecular formula is C13H16BrNO3. The Balaban J connectivity index is 2.10. The second-order valence-corrected chi connectivity index (χ2v) is 5.34. The van der Waals surface area contributed by atoms with Crippen molar-refractivity contribution >= 4 is 21.9 Å². The maximum absolute atomic E-state index is 11.1. The standard InChI is InChI=1S/C13H16BrNO3/c1-9-6-10(2-3-11(9)14)7-15-4-5-18-8-12(15)13(16)17/h2-3,6,12H,4-5,7-8H2,1H3,(H,16,17). The minimum absolute atomic E-state index is 0.269. The molecule has 1 atom stereocenters. The number of hydrogen-bond acceptors (Lipinski definition) is 3. The van der Waals surface area contributed by atoms with Gasteiger partial charge in [0.2, 0.25) is 0 Å². The highest BCUT2D eigenvalue weighted by Gasteiger charge is 2.28. The average Bonchev–Trinajstić information content (AvgIpc) is 2.34. The third-order valence-electron chi connectivity index (χ3n) is 3.13. The number of nitrogens with zero attached hydrogens (tertiary/aromatic N) is 1. The van der Waals surface area contributed by atoms with E-state index in [0.717, 1.165) is 15.6 Å². The zero-order valence-corrected chi connectivity index (χ0v) is 11.8. The summed E-state index contributed by atoms with van der Waals surface area (Å²) < 4.78 is 6.30. The summed E-state index contributed by atoms with van der Waals surface area (Å²) in [5.41, 5.74) is 2.29. The summed E-state index contributed by atoms with van der Waals surface area (Å²) in [5.74, 6) is -0.816. The van der Waals surface area contributed by atoms with Crippen LogP contribution in [0.3, 0.4) is 0 Å². The molecule has 1 N–H and O–H groups in total. The highest BCUT2D eigenvalue weighted by Crippen LogP contribution is 2.19. The molecule has 0 saturated carbocycles. The first-order valence-corrected chi connectivity index (χ1v) is 6.67.